The SMILES string of the molecule is COc1cccc(-c2cc(CCNS(=O)(=O)c3ccc(F)cc3)no2)c1. The lowest BCUT2D eigenvalue weighted by Crippen LogP contribution is -2.26. The number of methoxy groups -OCH3 is 1. The van der Waals surface area contributed by atoms with Crippen molar-refractivity contribution in [2.75, 3.05) is 13.7 Å². The van der Waals surface area contributed by atoms with Crippen LogP contribution in [0.3, 0.4) is 0 Å². The van der Waals surface area contributed by atoms with Crippen molar-refractivity contribution in [2.24, 2.45) is 0 Å². The van der Waals surface area contributed by atoms with Crippen LogP contribution in [-0.4, -0.2) is 27.2 Å². The van der Waals surface area contributed by atoms with E-state index in [1.807, 2.05) is 24.3 Å². The number of benzene rings is 2. The third-order valence-electron chi connectivity index (χ3n) is 3.71. The summed E-state index contributed by atoms with van der Waals surface area (Å²) in [6.45, 7) is 0.143. The van der Waals surface area contributed by atoms with Crippen LogP contribution in [0.5, 0.6) is 5.75 Å². The number of hydrogen-bond donors (Lipinski definition) is 1. The molecule has 0 unspecified atom stereocenters. The highest BCUT2D eigenvalue weighted by molar-refractivity contribution is 7.89. The van der Waals surface area contributed by atoms with Crippen LogP contribution in [0.2, 0.25) is 0 Å². The number of hydrogen-bond acceptors (Lipinski definition) is 5. The zero-order valence-electron chi connectivity index (χ0n) is 14.0. The molecule has 0 spiro atoms. The van der Waals surface area contributed by atoms with E-state index in [2.05, 4.69) is 9.88 Å². The van der Waals surface area contributed by atoms with E-state index in [0.29, 0.717) is 23.6 Å². The highest BCUT2D eigenvalue weighted by Gasteiger charge is 2.14. The molecule has 0 bridgehead atoms. The highest BCUT2D eigenvalue weighted by atomic mass is 32.2. The van der Waals surface area contributed by atoms with Gasteiger partial charge in [0, 0.05) is 24.6 Å². The molecule has 0 aliphatic heterocycles. The van der Waals surface area contributed by atoms with E-state index in [1.54, 1.807) is 13.2 Å². The second-order valence-corrected chi connectivity index (χ2v) is 7.28. The fourth-order valence-corrected chi connectivity index (χ4v) is 3.38. The van der Waals surface area contributed by atoms with E-state index in [0.717, 1.165) is 17.7 Å². The Morgan fingerprint density at radius 3 is 2.65 bits per heavy atom. The van der Waals surface area contributed by atoms with Crippen LogP contribution in [0, 0.1) is 5.82 Å². The average Bonchev–Trinajstić information content (AvgIpc) is 3.11. The summed E-state index contributed by atoms with van der Waals surface area (Å²) in [6.07, 6.45) is 0.355. The third-order valence-corrected chi connectivity index (χ3v) is 5.19. The van der Waals surface area contributed by atoms with Crippen molar-refractivity contribution >= 4 is 10.0 Å². The van der Waals surface area contributed by atoms with Gasteiger partial charge in [0.05, 0.1) is 17.7 Å². The topological polar surface area (TPSA) is 81.4 Å². The summed E-state index contributed by atoms with van der Waals surface area (Å²) in [5.74, 6) is 0.782. The highest BCUT2D eigenvalue weighted by Crippen LogP contribution is 2.24. The lowest BCUT2D eigenvalue weighted by molar-refractivity contribution is 0.412. The number of nitrogens with zero attached hydrogens (tertiary/aromatic N) is 1. The number of nitrogens with one attached hydrogen (secondary N) is 1. The maximum absolute atomic E-state index is 12.9. The van der Waals surface area contributed by atoms with E-state index in [-0.39, 0.29) is 11.4 Å². The molecule has 3 aromatic rings. The number of ether oxygens (including phenoxy) is 1. The summed E-state index contributed by atoms with van der Waals surface area (Å²) >= 11 is 0. The fraction of sp³-hybridized carbons (Fsp3) is 0.167. The van der Waals surface area contributed by atoms with Gasteiger partial charge in [0.15, 0.2) is 5.76 Å². The second kappa shape index (κ2) is 7.67. The summed E-state index contributed by atoms with van der Waals surface area (Å²) < 4.78 is 50.1. The van der Waals surface area contributed by atoms with Gasteiger partial charge in [-0.3, -0.25) is 0 Å². The normalized spacial score (nSPS) is 11.5. The summed E-state index contributed by atoms with van der Waals surface area (Å²) in [4.78, 5) is 0.0103. The van der Waals surface area contributed by atoms with Gasteiger partial charge in [0.2, 0.25) is 10.0 Å². The monoisotopic (exact) mass is 376 g/mol. The largest absolute Gasteiger partial charge is 0.497 e. The molecule has 2 aromatic carbocycles. The van der Waals surface area contributed by atoms with E-state index in [9.17, 15) is 12.8 Å². The van der Waals surface area contributed by atoms with Crippen molar-refractivity contribution in [3.8, 4) is 17.1 Å². The first-order valence-corrected chi connectivity index (χ1v) is 9.31. The van der Waals surface area contributed by atoms with Crippen molar-refractivity contribution < 1.29 is 22.1 Å². The number of aromatic nitrogens is 1. The van der Waals surface area contributed by atoms with Crippen molar-refractivity contribution in [1.29, 1.82) is 0 Å². The standard InChI is InChI=1S/C18H17FN2O4S/c1-24-16-4-2-3-13(11-16)18-12-15(21-25-18)9-10-20-26(22,23)17-7-5-14(19)6-8-17/h2-8,11-12,20H,9-10H2,1H3. The Morgan fingerprint density at radius 1 is 1.15 bits per heavy atom. The molecule has 0 amide bonds. The van der Waals surface area contributed by atoms with Gasteiger partial charge in [-0.25, -0.2) is 17.5 Å². The van der Waals surface area contributed by atoms with Gasteiger partial charge < -0.3 is 9.26 Å². The van der Waals surface area contributed by atoms with E-state index < -0.39 is 15.8 Å². The first-order valence-electron chi connectivity index (χ1n) is 7.83. The molecule has 0 aliphatic rings. The molecule has 0 atom stereocenters. The molecule has 0 aliphatic carbocycles. The van der Waals surface area contributed by atoms with Crippen molar-refractivity contribution in [3.05, 3.63) is 66.1 Å². The van der Waals surface area contributed by atoms with E-state index in [1.165, 1.54) is 12.1 Å². The average molecular weight is 376 g/mol. The number of rotatable bonds is 7. The first kappa shape index (κ1) is 18.1. The number of sulfonamides is 1. The van der Waals surface area contributed by atoms with Gasteiger partial charge in [-0.2, -0.15) is 0 Å². The summed E-state index contributed by atoms with van der Waals surface area (Å²) in [5, 5.41) is 3.95. The first-order chi connectivity index (χ1) is 12.5. The Kier molecular flexibility index (Phi) is 5.34. The van der Waals surface area contributed by atoms with Crippen LogP contribution in [0.4, 0.5) is 4.39 Å². The number of halogens is 1. The van der Waals surface area contributed by atoms with Crippen LogP contribution in [0.1, 0.15) is 5.69 Å². The molecule has 136 valence electrons. The Hall–Kier alpha value is -2.71. The molecule has 1 heterocycles. The Labute approximate surface area is 150 Å². The third kappa shape index (κ3) is 4.27. The molecule has 0 fully saturated rings. The molecule has 3 rings (SSSR count). The Bertz CT molecular complexity index is 984. The zero-order valence-corrected chi connectivity index (χ0v) is 14.8. The maximum atomic E-state index is 12.9. The second-order valence-electron chi connectivity index (χ2n) is 5.52. The van der Waals surface area contributed by atoms with Crippen molar-refractivity contribution in [3.63, 3.8) is 0 Å². The molecular formula is C18H17FN2O4S. The zero-order chi connectivity index (χ0) is 18.6. The van der Waals surface area contributed by atoms with Gasteiger partial charge in [-0.05, 0) is 36.4 Å². The summed E-state index contributed by atoms with van der Waals surface area (Å²) in [5.41, 5.74) is 1.43. The summed E-state index contributed by atoms with van der Waals surface area (Å²) in [7, 11) is -2.11. The maximum Gasteiger partial charge on any atom is 0.240 e. The predicted molar refractivity (Wildman–Crippen MR) is 93.8 cm³/mol. The molecule has 1 N–H and O–H groups in total. The molecule has 0 saturated carbocycles. The van der Waals surface area contributed by atoms with Gasteiger partial charge in [-0.15, -0.1) is 0 Å². The lowest BCUT2D eigenvalue weighted by Gasteiger charge is -2.05. The minimum absolute atomic E-state index is 0.0103. The Morgan fingerprint density at radius 2 is 1.92 bits per heavy atom. The van der Waals surface area contributed by atoms with E-state index >= 15 is 0 Å². The van der Waals surface area contributed by atoms with Gasteiger partial charge in [0.1, 0.15) is 11.6 Å². The van der Waals surface area contributed by atoms with Crippen LogP contribution >= 0.6 is 0 Å². The van der Waals surface area contributed by atoms with Crippen LogP contribution in [0.15, 0.2) is 64.0 Å². The van der Waals surface area contributed by atoms with Gasteiger partial charge in [0.25, 0.3) is 0 Å². The smallest absolute Gasteiger partial charge is 0.240 e. The Balaban J connectivity index is 1.62. The van der Waals surface area contributed by atoms with Crippen molar-refractivity contribution in [2.45, 2.75) is 11.3 Å². The lowest BCUT2D eigenvalue weighted by atomic mass is 10.1. The quantitative estimate of drug-likeness (QED) is 0.686. The molecule has 26 heavy (non-hydrogen) atoms. The molecule has 1 aromatic heterocycles. The molecule has 6 nitrogen and oxygen atoms in total. The molecule has 0 saturated heterocycles. The van der Waals surface area contributed by atoms with E-state index in [4.69, 9.17) is 9.26 Å². The molecule has 8 heteroatoms. The minimum Gasteiger partial charge on any atom is -0.497 e. The van der Waals surface area contributed by atoms with Crippen LogP contribution in [0.25, 0.3) is 11.3 Å². The fourth-order valence-electron chi connectivity index (χ4n) is 2.35. The minimum atomic E-state index is -3.69. The van der Waals surface area contributed by atoms with Crippen molar-refractivity contribution in [1.82, 2.24) is 9.88 Å². The molecular weight excluding hydrogens is 359 g/mol. The molecule has 0 radical (unpaired) electrons. The summed E-state index contributed by atoms with van der Waals surface area (Å²) in [6, 6.07) is 13.7. The van der Waals surface area contributed by atoms with Crippen LogP contribution < -0.4 is 9.46 Å². The van der Waals surface area contributed by atoms with Gasteiger partial charge in [-0.1, -0.05) is 17.3 Å². The predicted octanol–water partition coefficient (Wildman–Crippen LogP) is 3.01. The van der Waals surface area contributed by atoms with Crippen LogP contribution in [-0.2, 0) is 16.4 Å². The van der Waals surface area contributed by atoms with Gasteiger partial charge >= 0.3 is 0 Å².